The molecule has 2 amide bonds. The van der Waals surface area contributed by atoms with Crippen molar-refractivity contribution in [2.45, 2.75) is 25.4 Å². The number of ketones is 1. The van der Waals surface area contributed by atoms with Gasteiger partial charge in [0.15, 0.2) is 5.78 Å². The molecular formula is C19H23F3N4O5. The van der Waals surface area contributed by atoms with Crippen LogP contribution < -0.4 is 15.5 Å². The first-order valence-corrected chi connectivity index (χ1v) is 9.77. The molecule has 31 heavy (non-hydrogen) atoms. The molecule has 0 saturated carbocycles. The van der Waals surface area contributed by atoms with Crippen molar-refractivity contribution >= 4 is 29.2 Å². The van der Waals surface area contributed by atoms with E-state index in [0.29, 0.717) is 13.1 Å². The Bertz CT molecular complexity index is 841. The highest BCUT2D eigenvalue weighted by molar-refractivity contribution is 5.90. The maximum Gasteiger partial charge on any atom is 0.414 e. The molecule has 0 aliphatic carbocycles. The zero-order chi connectivity index (χ0) is 22.5. The van der Waals surface area contributed by atoms with Crippen LogP contribution in [0.3, 0.4) is 0 Å². The summed E-state index contributed by atoms with van der Waals surface area (Å²) >= 11 is 0. The predicted octanol–water partition coefficient (Wildman–Crippen LogP) is 1.30. The van der Waals surface area contributed by atoms with Crippen molar-refractivity contribution < 1.29 is 37.1 Å². The quantitative estimate of drug-likeness (QED) is 0.676. The number of nitrogens with two attached hydrogens (primary N) is 1. The van der Waals surface area contributed by atoms with Crippen LogP contribution in [0.2, 0.25) is 0 Å². The molecule has 2 aliphatic rings. The second kappa shape index (κ2) is 9.96. The summed E-state index contributed by atoms with van der Waals surface area (Å²) in [5.41, 5.74) is 5.86. The van der Waals surface area contributed by atoms with Crippen LogP contribution in [0.1, 0.15) is 12.8 Å². The Kier molecular flexibility index (Phi) is 7.33. The SMILES string of the molecule is NCC(=O)N1CCN(c2ccc(N3C[C@H](CCC(=O)C(F)F)OC3=O)cc2F)CCO1. The fourth-order valence-corrected chi connectivity index (χ4v) is 3.40. The Morgan fingerprint density at radius 2 is 2.00 bits per heavy atom. The topological polar surface area (TPSA) is 105 Å². The molecule has 1 atom stereocenters. The molecule has 2 heterocycles. The van der Waals surface area contributed by atoms with Crippen LogP contribution in [0, 0.1) is 5.82 Å². The predicted molar refractivity (Wildman–Crippen MR) is 103 cm³/mol. The highest BCUT2D eigenvalue weighted by Crippen LogP contribution is 2.29. The van der Waals surface area contributed by atoms with Gasteiger partial charge >= 0.3 is 6.09 Å². The van der Waals surface area contributed by atoms with Gasteiger partial charge in [-0.3, -0.25) is 19.3 Å². The van der Waals surface area contributed by atoms with E-state index < -0.39 is 36.6 Å². The first kappa shape index (κ1) is 22.8. The number of anilines is 2. The Balaban J connectivity index is 1.63. The molecule has 2 fully saturated rings. The summed E-state index contributed by atoms with van der Waals surface area (Å²) in [5, 5.41) is 1.16. The normalized spacial score (nSPS) is 19.6. The molecule has 0 bridgehead atoms. The van der Waals surface area contributed by atoms with E-state index >= 15 is 0 Å². The van der Waals surface area contributed by atoms with E-state index in [2.05, 4.69) is 0 Å². The van der Waals surface area contributed by atoms with Gasteiger partial charge < -0.3 is 15.4 Å². The van der Waals surface area contributed by atoms with E-state index in [4.69, 9.17) is 15.3 Å². The number of Topliss-reactive ketones (excluding diaryl/α,β-unsaturated/α-hetero) is 1. The lowest BCUT2D eigenvalue weighted by Gasteiger charge is -2.23. The summed E-state index contributed by atoms with van der Waals surface area (Å²) in [4.78, 5) is 43.1. The standard InChI is InChI=1S/C19H23F3N4O5/c20-14-9-12(25-11-13(31-19(25)29)2-4-16(27)18(21)22)1-3-15(14)24-5-6-26(17(28)10-23)30-8-7-24/h1,3,9,13,18H,2,4-8,10-11,23H2/t13-/m0/s1. The molecule has 2 aliphatic heterocycles. The van der Waals surface area contributed by atoms with E-state index in [0.717, 1.165) is 5.06 Å². The minimum Gasteiger partial charge on any atom is -0.444 e. The number of nitrogens with zero attached hydrogens (tertiary/aromatic N) is 3. The molecule has 2 N–H and O–H groups in total. The summed E-state index contributed by atoms with van der Waals surface area (Å²) in [6.07, 6.45) is -4.96. The van der Waals surface area contributed by atoms with Gasteiger partial charge in [-0.15, -0.1) is 0 Å². The minimum atomic E-state index is -3.06. The van der Waals surface area contributed by atoms with Gasteiger partial charge in [0.25, 0.3) is 12.3 Å². The fourth-order valence-electron chi connectivity index (χ4n) is 3.40. The van der Waals surface area contributed by atoms with Crippen molar-refractivity contribution in [3.05, 3.63) is 24.0 Å². The highest BCUT2D eigenvalue weighted by Gasteiger charge is 2.33. The number of hydrogen-bond donors (Lipinski definition) is 1. The van der Waals surface area contributed by atoms with Gasteiger partial charge in [-0.1, -0.05) is 0 Å². The average molecular weight is 444 g/mol. The minimum absolute atomic E-state index is 0.0296. The summed E-state index contributed by atoms with van der Waals surface area (Å²) < 4.78 is 44.5. The van der Waals surface area contributed by atoms with E-state index in [1.807, 2.05) is 0 Å². The number of hydrogen-bond acceptors (Lipinski definition) is 7. The molecule has 170 valence electrons. The Labute approximate surface area is 176 Å². The summed E-state index contributed by atoms with van der Waals surface area (Å²) in [6, 6.07) is 4.23. The van der Waals surface area contributed by atoms with E-state index in [1.165, 1.54) is 17.0 Å². The average Bonchev–Trinajstić information content (AvgIpc) is 2.95. The molecule has 0 spiro atoms. The molecule has 9 nitrogen and oxygen atoms in total. The Morgan fingerprint density at radius 1 is 1.23 bits per heavy atom. The van der Waals surface area contributed by atoms with Crippen molar-refractivity contribution in [1.82, 2.24) is 5.06 Å². The van der Waals surface area contributed by atoms with Gasteiger partial charge in [0, 0.05) is 19.5 Å². The third-order valence-corrected chi connectivity index (χ3v) is 5.05. The van der Waals surface area contributed by atoms with E-state index in [1.54, 1.807) is 11.0 Å². The Morgan fingerprint density at radius 3 is 2.68 bits per heavy atom. The molecular weight excluding hydrogens is 421 g/mol. The van der Waals surface area contributed by atoms with E-state index in [9.17, 15) is 27.6 Å². The van der Waals surface area contributed by atoms with Crippen LogP contribution in [-0.2, 0) is 19.2 Å². The third-order valence-electron chi connectivity index (χ3n) is 5.05. The number of benzene rings is 1. The lowest BCUT2D eigenvalue weighted by molar-refractivity contribution is -0.180. The second-order valence-electron chi connectivity index (χ2n) is 7.08. The van der Waals surface area contributed by atoms with Crippen LogP contribution in [0.25, 0.3) is 0 Å². The van der Waals surface area contributed by atoms with Crippen LogP contribution >= 0.6 is 0 Å². The molecule has 2 saturated heterocycles. The first-order valence-electron chi connectivity index (χ1n) is 9.77. The maximum absolute atomic E-state index is 14.8. The largest absolute Gasteiger partial charge is 0.444 e. The Hall–Kier alpha value is -2.86. The fraction of sp³-hybridized carbons (Fsp3) is 0.526. The van der Waals surface area contributed by atoms with Gasteiger partial charge in [-0.25, -0.2) is 23.0 Å². The summed E-state index contributed by atoms with van der Waals surface area (Å²) in [5.74, 6) is -2.16. The number of alkyl halides is 2. The van der Waals surface area contributed by atoms with Crippen molar-refractivity contribution in [1.29, 1.82) is 0 Å². The summed E-state index contributed by atoms with van der Waals surface area (Å²) in [6.45, 7) is 0.901. The molecule has 0 unspecified atom stereocenters. The molecule has 1 aromatic rings. The highest BCUT2D eigenvalue weighted by atomic mass is 19.3. The van der Waals surface area contributed by atoms with Gasteiger partial charge in [0.05, 0.1) is 37.6 Å². The number of carbonyl (C=O) groups is 3. The van der Waals surface area contributed by atoms with E-state index in [-0.39, 0.29) is 49.9 Å². The number of hydroxylamine groups is 2. The zero-order valence-corrected chi connectivity index (χ0v) is 16.6. The molecule has 0 radical (unpaired) electrons. The van der Waals surface area contributed by atoms with Crippen LogP contribution in [0.15, 0.2) is 18.2 Å². The smallest absolute Gasteiger partial charge is 0.414 e. The number of carbonyl (C=O) groups excluding carboxylic acids is 3. The van der Waals surface area contributed by atoms with Crippen LogP contribution in [0.5, 0.6) is 0 Å². The molecule has 0 aromatic heterocycles. The third kappa shape index (κ3) is 5.44. The molecule has 1 aromatic carbocycles. The summed E-state index contributed by atoms with van der Waals surface area (Å²) in [7, 11) is 0. The number of amides is 2. The van der Waals surface area contributed by atoms with Gasteiger partial charge in [0.2, 0.25) is 0 Å². The van der Waals surface area contributed by atoms with Gasteiger partial charge in [-0.2, -0.15) is 0 Å². The second-order valence-corrected chi connectivity index (χ2v) is 7.08. The molecule has 12 heteroatoms. The number of halogens is 3. The zero-order valence-electron chi connectivity index (χ0n) is 16.6. The number of rotatable bonds is 7. The number of cyclic esters (lactones) is 1. The van der Waals surface area contributed by atoms with Crippen molar-refractivity contribution in [2.75, 3.05) is 49.1 Å². The lowest BCUT2D eigenvalue weighted by atomic mass is 10.1. The van der Waals surface area contributed by atoms with Crippen molar-refractivity contribution in [3.8, 4) is 0 Å². The van der Waals surface area contributed by atoms with Crippen molar-refractivity contribution in [3.63, 3.8) is 0 Å². The van der Waals surface area contributed by atoms with Crippen molar-refractivity contribution in [2.24, 2.45) is 5.73 Å². The maximum atomic E-state index is 14.8. The number of ether oxygens (including phenoxy) is 1. The first-order chi connectivity index (χ1) is 14.8. The monoisotopic (exact) mass is 444 g/mol. The molecule has 3 rings (SSSR count). The van der Waals surface area contributed by atoms with Gasteiger partial charge in [0.1, 0.15) is 11.9 Å². The van der Waals surface area contributed by atoms with Crippen LogP contribution in [-0.4, -0.2) is 74.7 Å². The lowest BCUT2D eigenvalue weighted by Crippen LogP contribution is -2.38. The van der Waals surface area contributed by atoms with Gasteiger partial charge in [-0.05, 0) is 24.6 Å². The van der Waals surface area contributed by atoms with Crippen LogP contribution in [0.4, 0.5) is 29.3 Å².